The molecule has 2 aromatic rings. The topological polar surface area (TPSA) is 71.2 Å². The molecule has 2 aromatic heterocycles. The van der Waals surface area contributed by atoms with Crippen LogP contribution in [0.2, 0.25) is 0 Å². The van der Waals surface area contributed by atoms with E-state index in [9.17, 15) is 4.79 Å². The van der Waals surface area contributed by atoms with Crippen molar-refractivity contribution in [1.82, 2.24) is 19.7 Å². The number of aromatic nitrogens is 3. The predicted octanol–water partition coefficient (Wildman–Crippen LogP) is 1.04. The smallest absolute Gasteiger partial charge is 0.265 e. The van der Waals surface area contributed by atoms with Crippen LogP contribution in [-0.2, 0) is 13.5 Å². The molecule has 21 heavy (non-hydrogen) atoms. The molecule has 0 aromatic carbocycles. The van der Waals surface area contributed by atoms with Crippen LogP contribution in [0.5, 0.6) is 0 Å². The number of aryl methyl sites for hydroxylation is 1. The molecule has 1 atom stereocenters. The second-order valence-electron chi connectivity index (χ2n) is 5.26. The third-order valence-corrected chi connectivity index (χ3v) is 4.66. The van der Waals surface area contributed by atoms with Crippen molar-refractivity contribution in [2.45, 2.75) is 18.8 Å². The summed E-state index contributed by atoms with van der Waals surface area (Å²) in [5.41, 5.74) is 3.72. The van der Waals surface area contributed by atoms with Crippen LogP contribution in [-0.4, -0.2) is 50.4 Å². The summed E-state index contributed by atoms with van der Waals surface area (Å²) in [6, 6.07) is 2.04. The highest BCUT2D eigenvalue weighted by molar-refractivity contribution is 7.11. The Kier molecular flexibility index (Phi) is 4.03. The molecule has 1 amide bonds. The highest BCUT2D eigenvalue weighted by atomic mass is 32.1. The van der Waals surface area contributed by atoms with E-state index in [4.69, 9.17) is 5.11 Å². The molecule has 6 nitrogen and oxygen atoms in total. The summed E-state index contributed by atoms with van der Waals surface area (Å²) in [5.74, 6) is 0.340. The van der Waals surface area contributed by atoms with Crippen LogP contribution in [0.25, 0.3) is 0 Å². The Morgan fingerprint density at radius 3 is 3.14 bits per heavy atom. The fraction of sp³-hybridized carbons (Fsp3) is 0.500. The van der Waals surface area contributed by atoms with Crippen molar-refractivity contribution in [3.63, 3.8) is 0 Å². The number of amides is 1. The van der Waals surface area contributed by atoms with Gasteiger partial charge in [-0.2, -0.15) is 5.10 Å². The van der Waals surface area contributed by atoms with Crippen LogP contribution in [0.3, 0.4) is 0 Å². The number of aliphatic hydroxyl groups is 1. The van der Waals surface area contributed by atoms with E-state index in [0.29, 0.717) is 17.8 Å². The Hall–Kier alpha value is -1.73. The van der Waals surface area contributed by atoms with Crippen molar-refractivity contribution in [1.29, 1.82) is 0 Å². The number of nitrogens with zero attached hydrogens (tertiary/aromatic N) is 4. The first kappa shape index (κ1) is 14.2. The normalized spacial score (nSPS) is 18.4. The molecule has 1 fully saturated rings. The third-order valence-electron chi connectivity index (χ3n) is 3.90. The Balaban J connectivity index is 1.69. The van der Waals surface area contributed by atoms with E-state index in [2.05, 4.69) is 10.1 Å². The Labute approximate surface area is 127 Å². The summed E-state index contributed by atoms with van der Waals surface area (Å²) in [7, 11) is 1.89. The van der Waals surface area contributed by atoms with Crippen molar-refractivity contribution in [3.05, 3.63) is 34.0 Å². The molecule has 0 spiro atoms. The highest BCUT2D eigenvalue weighted by Gasteiger charge is 2.30. The summed E-state index contributed by atoms with van der Waals surface area (Å²) in [5, 5.41) is 13.6. The largest absolute Gasteiger partial charge is 0.396 e. The molecular formula is C14H18N4O2S. The molecule has 0 bridgehead atoms. The van der Waals surface area contributed by atoms with Crippen LogP contribution in [0.4, 0.5) is 0 Å². The zero-order valence-electron chi connectivity index (χ0n) is 11.9. The lowest BCUT2D eigenvalue weighted by Crippen LogP contribution is -2.27. The number of carbonyl (C=O) groups is 1. The fourth-order valence-corrected chi connectivity index (χ4v) is 3.33. The molecule has 1 N–H and O–H groups in total. The van der Waals surface area contributed by atoms with Gasteiger partial charge in [0.1, 0.15) is 4.88 Å². The standard InChI is InChI=1S/C14H18N4O2S/c1-17-11(3-5-19)6-12(16-17)10-2-4-18(8-10)14(20)13-7-15-9-21-13/h6-7,9-10,19H,2-5,8H2,1H3. The van der Waals surface area contributed by atoms with Gasteiger partial charge in [0, 0.05) is 44.8 Å². The van der Waals surface area contributed by atoms with E-state index in [0.717, 1.165) is 24.4 Å². The van der Waals surface area contributed by atoms with Crippen LogP contribution >= 0.6 is 11.3 Å². The number of likely N-dealkylation sites (tertiary alicyclic amines) is 1. The van der Waals surface area contributed by atoms with Gasteiger partial charge < -0.3 is 10.0 Å². The van der Waals surface area contributed by atoms with Gasteiger partial charge in [0.05, 0.1) is 17.4 Å². The van der Waals surface area contributed by atoms with Crippen LogP contribution in [0.15, 0.2) is 17.8 Å². The Bertz CT molecular complexity index is 623. The molecule has 3 heterocycles. The number of thiazole rings is 1. The van der Waals surface area contributed by atoms with Gasteiger partial charge in [0.25, 0.3) is 5.91 Å². The molecule has 112 valence electrons. The fourth-order valence-electron chi connectivity index (χ4n) is 2.74. The molecular weight excluding hydrogens is 288 g/mol. The average Bonchev–Trinajstić information content (AvgIpc) is 3.18. The van der Waals surface area contributed by atoms with Gasteiger partial charge in [-0.1, -0.05) is 0 Å². The van der Waals surface area contributed by atoms with Crippen LogP contribution in [0, 0.1) is 0 Å². The molecule has 3 rings (SSSR count). The lowest BCUT2D eigenvalue weighted by Gasteiger charge is -2.14. The first-order valence-corrected chi connectivity index (χ1v) is 7.88. The van der Waals surface area contributed by atoms with Gasteiger partial charge >= 0.3 is 0 Å². The monoisotopic (exact) mass is 306 g/mol. The third kappa shape index (κ3) is 2.84. The van der Waals surface area contributed by atoms with E-state index < -0.39 is 0 Å². The van der Waals surface area contributed by atoms with Crippen molar-refractivity contribution in [2.75, 3.05) is 19.7 Å². The van der Waals surface area contributed by atoms with Gasteiger partial charge in [-0.05, 0) is 12.5 Å². The summed E-state index contributed by atoms with van der Waals surface area (Å²) < 4.78 is 1.82. The summed E-state index contributed by atoms with van der Waals surface area (Å²) in [4.78, 5) is 18.8. The lowest BCUT2D eigenvalue weighted by molar-refractivity contribution is 0.0795. The van der Waals surface area contributed by atoms with Gasteiger partial charge in [0.2, 0.25) is 0 Å². The Morgan fingerprint density at radius 2 is 2.43 bits per heavy atom. The average molecular weight is 306 g/mol. The van der Waals surface area contributed by atoms with E-state index in [-0.39, 0.29) is 18.4 Å². The maximum absolute atomic E-state index is 12.3. The minimum atomic E-state index is 0.0616. The maximum Gasteiger partial charge on any atom is 0.265 e. The highest BCUT2D eigenvalue weighted by Crippen LogP contribution is 2.28. The molecule has 0 aliphatic carbocycles. The second-order valence-corrected chi connectivity index (χ2v) is 6.15. The number of rotatable bonds is 4. The van der Waals surface area contributed by atoms with E-state index in [1.165, 1.54) is 11.3 Å². The molecule has 7 heteroatoms. The predicted molar refractivity (Wildman–Crippen MR) is 79.4 cm³/mol. The van der Waals surface area contributed by atoms with Crippen molar-refractivity contribution >= 4 is 17.2 Å². The molecule has 1 unspecified atom stereocenters. The first-order chi connectivity index (χ1) is 10.2. The molecule has 1 aliphatic heterocycles. The lowest BCUT2D eigenvalue weighted by atomic mass is 10.0. The van der Waals surface area contributed by atoms with E-state index >= 15 is 0 Å². The minimum Gasteiger partial charge on any atom is -0.396 e. The van der Waals surface area contributed by atoms with E-state index in [1.54, 1.807) is 11.7 Å². The van der Waals surface area contributed by atoms with Gasteiger partial charge in [-0.15, -0.1) is 11.3 Å². The quantitative estimate of drug-likeness (QED) is 0.916. The van der Waals surface area contributed by atoms with Crippen LogP contribution < -0.4 is 0 Å². The summed E-state index contributed by atoms with van der Waals surface area (Å²) in [6.07, 6.45) is 3.17. The van der Waals surface area contributed by atoms with Crippen LogP contribution in [0.1, 0.15) is 33.4 Å². The molecule has 1 aliphatic rings. The van der Waals surface area contributed by atoms with Crippen molar-refractivity contribution in [2.24, 2.45) is 7.05 Å². The molecule has 0 saturated carbocycles. The number of aliphatic hydroxyl groups excluding tert-OH is 1. The van der Waals surface area contributed by atoms with Gasteiger partial charge in [0.15, 0.2) is 0 Å². The van der Waals surface area contributed by atoms with E-state index in [1.807, 2.05) is 22.7 Å². The number of carbonyl (C=O) groups excluding carboxylic acids is 1. The number of hydrogen-bond acceptors (Lipinski definition) is 5. The van der Waals surface area contributed by atoms with Crippen molar-refractivity contribution in [3.8, 4) is 0 Å². The summed E-state index contributed by atoms with van der Waals surface area (Å²) >= 11 is 1.38. The van der Waals surface area contributed by atoms with Gasteiger partial charge in [-0.25, -0.2) is 0 Å². The van der Waals surface area contributed by atoms with Gasteiger partial charge in [-0.3, -0.25) is 14.5 Å². The molecule has 1 saturated heterocycles. The SMILES string of the molecule is Cn1nc(C2CCN(C(=O)c3cncs3)C2)cc1CCO. The summed E-state index contributed by atoms with van der Waals surface area (Å²) in [6.45, 7) is 1.58. The maximum atomic E-state index is 12.3. The molecule has 0 radical (unpaired) electrons. The Morgan fingerprint density at radius 1 is 1.57 bits per heavy atom. The second kappa shape index (κ2) is 5.95. The minimum absolute atomic E-state index is 0.0616. The van der Waals surface area contributed by atoms with Crippen molar-refractivity contribution < 1.29 is 9.90 Å². The zero-order valence-corrected chi connectivity index (χ0v) is 12.7. The zero-order chi connectivity index (χ0) is 14.8. The number of hydrogen-bond donors (Lipinski definition) is 1. The first-order valence-electron chi connectivity index (χ1n) is 7.00.